The highest BCUT2D eigenvalue weighted by atomic mass is 16.5. The minimum absolute atomic E-state index is 0.0198. The molecule has 1 fully saturated rings. The second-order valence-electron chi connectivity index (χ2n) is 7.33. The van der Waals surface area contributed by atoms with Crippen molar-refractivity contribution in [3.63, 3.8) is 0 Å². The van der Waals surface area contributed by atoms with E-state index >= 15 is 0 Å². The van der Waals surface area contributed by atoms with Gasteiger partial charge in [0.2, 0.25) is 0 Å². The summed E-state index contributed by atoms with van der Waals surface area (Å²) in [7, 11) is 1.65. The first-order chi connectivity index (χ1) is 13.2. The molecule has 1 aliphatic carbocycles. The van der Waals surface area contributed by atoms with Crippen molar-refractivity contribution in [2.45, 2.75) is 38.0 Å². The Morgan fingerprint density at radius 1 is 0.963 bits per heavy atom. The third-order valence-electron chi connectivity index (χ3n) is 5.66. The molecule has 0 saturated heterocycles. The zero-order chi connectivity index (χ0) is 18.8. The average Bonchev–Trinajstić information content (AvgIpc) is 2.73. The Balaban J connectivity index is 1.89. The van der Waals surface area contributed by atoms with Gasteiger partial charge in [-0.25, -0.2) is 0 Å². The predicted octanol–water partition coefficient (Wildman–Crippen LogP) is 5.83. The molecule has 1 saturated carbocycles. The monoisotopic (exact) mass is 360 g/mol. The van der Waals surface area contributed by atoms with Gasteiger partial charge in [0, 0.05) is 11.1 Å². The smallest absolute Gasteiger partial charge is 0.193 e. The Hall–Kier alpha value is -2.81. The third kappa shape index (κ3) is 3.42. The van der Waals surface area contributed by atoms with Crippen LogP contribution in [0.1, 0.15) is 59.5 Å². The second kappa shape index (κ2) is 7.43. The van der Waals surface area contributed by atoms with Gasteiger partial charge in [-0.15, -0.1) is 0 Å². The van der Waals surface area contributed by atoms with Crippen molar-refractivity contribution in [2.24, 2.45) is 0 Å². The Kier molecular flexibility index (Phi) is 4.85. The van der Waals surface area contributed by atoms with Crippen LogP contribution < -0.4 is 4.74 Å². The fourth-order valence-corrected chi connectivity index (χ4v) is 4.22. The normalized spacial score (nSPS) is 15.0. The molecule has 0 spiro atoms. The van der Waals surface area contributed by atoms with E-state index in [2.05, 4.69) is 12.1 Å². The first kappa shape index (κ1) is 17.6. The van der Waals surface area contributed by atoms with Crippen LogP contribution in [0.15, 0.2) is 54.6 Å². The number of ether oxygens (including phenoxy) is 1. The summed E-state index contributed by atoms with van der Waals surface area (Å²) in [5, 5.41) is 11.6. The average molecular weight is 360 g/mol. The van der Waals surface area contributed by atoms with Gasteiger partial charge >= 0.3 is 0 Å². The van der Waals surface area contributed by atoms with E-state index in [1.54, 1.807) is 31.4 Å². The lowest BCUT2D eigenvalue weighted by Crippen LogP contribution is -2.12. The SMILES string of the molecule is COc1ccc2c(C(=O)c3ccc(O)cc3)c(C3CCCCC3)ccc2c1. The van der Waals surface area contributed by atoms with Crippen LogP contribution in [0.25, 0.3) is 10.8 Å². The molecule has 3 aromatic rings. The quantitative estimate of drug-likeness (QED) is 0.595. The number of benzene rings is 3. The van der Waals surface area contributed by atoms with Gasteiger partial charge in [0.25, 0.3) is 0 Å². The molecule has 0 heterocycles. The summed E-state index contributed by atoms with van der Waals surface area (Å²) in [5.41, 5.74) is 2.56. The lowest BCUT2D eigenvalue weighted by Gasteiger charge is -2.25. The summed E-state index contributed by atoms with van der Waals surface area (Å²) in [6, 6.07) is 16.7. The number of aromatic hydroxyl groups is 1. The summed E-state index contributed by atoms with van der Waals surface area (Å²) in [6.45, 7) is 0. The topological polar surface area (TPSA) is 46.5 Å². The fourth-order valence-electron chi connectivity index (χ4n) is 4.22. The number of fused-ring (bicyclic) bond motifs is 1. The Labute approximate surface area is 159 Å². The number of phenolic OH excluding ortho intramolecular Hbond substituents is 1. The zero-order valence-electron chi connectivity index (χ0n) is 15.6. The summed E-state index contributed by atoms with van der Waals surface area (Å²) in [5.74, 6) is 1.41. The maximum Gasteiger partial charge on any atom is 0.193 e. The van der Waals surface area contributed by atoms with Gasteiger partial charge in [-0.2, -0.15) is 0 Å². The third-order valence-corrected chi connectivity index (χ3v) is 5.66. The van der Waals surface area contributed by atoms with E-state index in [0.29, 0.717) is 11.5 Å². The molecule has 0 bridgehead atoms. The minimum atomic E-state index is 0.0198. The highest BCUT2D eigenvalue weighted by Gasteiger charge is 2.24. The molecule has 0 radical (unpaired) electrons. The molecule has 0 unspecified atom stereocenters. The molecular weight excluding hydrogens is 336 g/mol. The van der Waals surface area contributed by atoms with Crippen molar-refractivity contribution in [1.29, 1.82) is 0 Å². The number of carbonyl (C=O) groups excluding carboxylic acids is 1. The van der Waals surface area contributed by atoms with E-state index in [-0.39, 0.29) is 11.5 Å². The number of methoxy groups -OCH3 is 1. The highest BCUT2D eigenvalue weighted by molar-refractivity contribution is 6.17. The van der Waals surface area contributed by atoms with E-state index < -0.39 is 0 Å². The summed E-state index contributed by atoms with van der Waals surface area (Å²) >= 11 is 0. The Morgan fingerprint density at radius 2 is 1.70 bits per heavy atom. The molecule has 4 rings (SSSR count). The van der Waals surface area contributed by atoms with E-state index in [1.165, 1.54) is 19.3 Å². The zero-order valence-corrected chi connectivity index (χ0v) is 15.6. The van der Waals surface area contributed by atoms with E-state index in [1.807, 2.05) is 18.2 Å². The number of carbonyl (C=O) groups is 1. The van der Waals surface area contributed by atoms with E-state index in [9.17, 15) is 9.90 Å². The van der Waals surface area contributed by atoms with Gasteiger partial charge in [-0.05, 0) is 77.6 Å². The van der Waals surface area contributed by atoms with Gasteiger partial charge in [0.1, 0.15) is 11.5 Å². The predicted molar refractivity (Wildman–Crippen MR) is 108 cm³/mol. The van der Waals surface area contributed by atoms with Crippen LogP contribution in [0, 0.1) is 0 Å². The van der Waals surface area contributed by atoms with Crippen molar-refractivity contribution in [2.75, 3.05) is 7.11 Å². The lowest BCUT2D eigenvalue weighted by molar-refractivity contribution is 0.103. The molecule has 0 aromatic heterocycles. The minimum Gasteiger partial charge on any atom is -0.508 e. The standard InChI is InChI=1S/C24H24O3/c1-27-20-12-14-22-18(15-20)9-13-21(16-5-3-2-4-6-16)23(22)24(26)17-7-10-19(25)11-8-17/h7-16,25H,2-6H2,1H3. The maximum atomic E-state index is 13.5. The molecule has 138 valence electrons. The van der Waals surface area contributed by atoms with Crippen LogP contribution in [-0.4, -0.2) is 18.0 Å². The van der Waals surface area contributed by atoms with Crippen molar-refractivity contribution in [3.05, 3.63) is 71.3 Å². The van der Waals surface area contributed by atoms with Crippen LogP contribution in [0.4, 0.5) is 0 Å². The number of phenols is 1. The number of rotatable bonds is 4. The van der Waals surface area contributed by atoms with Crippen molar-refractivity contribution in [3.8, 4) is 11.5 Å². The van der Waals surface area contributed by atoms with E-state index in [0.717, 1.165) is 40.5 Å². The molecule has 1 N–H and O–H groups in total. The largest absolute Gasteiger partial charge is 0.508 e. The molecule has 3 nitrogen and oxygen atoms in total. The molecule has 27 heavy (non-hydrogen) atoms. The van der Waals surface area contributed by atoms with Gasteiger partial charge in [0.05, 0.1) is 7.11 Å². The molecule has 3 aromatic carbocycles. The first-order valence-electron chi connectivity index (χ1n) is 9.62. The van der Waals surface area contributed by atoms with Crippen LogP contribution in [0.3, 0.4) is 0 Å². The van der Waals surface area contributed by atoms with Crippen molar-refractivity contribution in [1.82, 2.24) is 0 Å². The van der Waals surface area contributed by atoms with Crippen LogP contribution >= 0.6 is 0 Å². The molecule has 0 amide bonds. The van der Waals surface area contributed by atoms with E-state index in [4.69, 9.17) is 4.74 Å². The van der Waals surface area contributed by atoms with Gasteiger partial charge in [-0.1, -0.05) is 31.4 Å². The van der Waals surface area contributed by atoms with Crippen LogP contribution in [0.5, 0.6) is 11.5 Å². The maximum absolute atomic E-state index is 13.5. The number of hydrogen-bond donors (Lipinski definition) is 1. The molecule has 3 heteroatoms. The molecule has 0 aliphatic heterocycles. The summed E-state index contributed by atoms with van der Waals surface area (Å²) in [4.78, 5) is 13.5. The lowest BCUT2D eigenvalue weighted by atomic mass is 9.79. The van der Waals surface area contributed by atoms with Crippen molar-refractivity contribution >= 4 is 16.6 Å². The number of hydrogen-bond acceptors (Lipinski definition) is 3. The first-order valence-corrected chi connectivity index (χ1v) is 9.62. The number of ketones is 1. The Bertz CT molecular complexity index is 967. The fraction of sp³-hybridized carbons (Fsp3) is 0.292. The van der Waals surface area contributed by atoms with Crippen LogP contribution in [-0.2, 0) is 0 Å². The van der Waals surface area contributed by atoms with Crippen LogP contribution in [0.2, 0.25) is 0 Å². The van der Waals surface area contributed by atoms with Gasteiger partial charge in [0.15, 0.2) is 5.78 Å². The Morgan fingerprint density at radius 3 is 2.41 bits per heavy atom. The highest BCUT2D eigenvalue weighted by Crippen LogP contribution is 2.38. The summed E-state index contributed by atoms with van der Waals surface area (Å²) < 4.78 is 5.35. The molecular formula is C24H24O3. The second-order valence-corrected chi connectivity index (χ2v) is 7.33. The van der Waals surface area contributed by atoms with Gasteiger partial charge < -0.3 is 9.84 Å². The van der Waals surface area contributed by atoms with Crippen molar-refractivity contribution < 1.29 is 14.6 Å². The molecule has 0 atom stereocenters. The van der Waals surface area contributed by atoms with Gasteiger partial charge in [-0.3, -0.25) is 4.79 Å². The molecule has 1 aliphatic rings. The summed E-state index contributed by atoms with van der Waals surface area (Å²) in [6.07, 6.45) is 5.99.